The van der Waals surface area contributed by atoms with Gasteiger partial charge in [-0.3, -0.25) is 4.79 Å². The minimum absolute atomic E-state index is 0.114. The monoisotopic (exact) mass is 354 g/mol. The Morgan fingerprint density at radius 1 is 1.43 bits per heavy atom. The molecule has 2 amide bonds. The Hall–Kier alpha value is -1.56. The molecule has 0 unspecified atom stereocenters. The molecule has 1 aromatic carbocycles. The number of carboxylic acid groups (broad SMARTS) is 1. The minimum Gasteiger partial charge on any atom is -0.481 e. The predicted octanol–water partition coefficient (Wildman–Crippen LogP) is 2.80. The molecule has 1 heterocycles. The van der Waals surface area contributed by atoms with Gasteiger partial charge in [0.25, 0.3) is 0 Å². The van der Waals surface area contributed by atoms with Gasteiger partial charge in [-0.1, -0.05) is 34.1 Å². The van der Waals surface area contributed by atoms with Crippen molar-refractivity contribution in [3.05, 3.63) is 34.3 Å². The van der Waals surface area contributed by atoms with E-state index in [1.807, 2.05) is 24.3 Å². The number of hydrogen-bond acceptors (Lipinski definition) is 2. The van der Waals surface area contributed by atoms with Crippen LogP contribution in [0.3, 0.4) is 0 Å². The molecule has 1 atom stereocenters. The first kappa shape index (κ1) is 15.8. The summed E-state index contributed by atoms with van der Waals surface area (Å²) in [5.74, 6) is -1.26. The fraction of sp³-hybridized carbons (Fsp3) is 0.467. The summed E-state index contributed by atoms with van der Waals surface area (Å²) in [5, 5.41) is 9.09. The molecule has 0 radical (unpaired) electrons. The molecule has 6 heteroatoms. The van der Waals surface area contributed by atoms with Crippen molar-refractivity contribution in [2.75, 3.05) is 20.1 Å². The lowest BCUT2D eigenvalue weighted by Gasteiger charge is -2.33. The maximum Gasteiger partial charge on any atom is 0.320 e. The zero-order valence-corrected chi connectivity index (χ0v) is 13.5. The Morgan fingerprint density at radius 3 is 2.81 bits per heavy atom. The van der Waals surface area contributed by atoms with Crippen LogP contribution in [0.1, 0.15) is 18.4 Å². The molecule has 1 fully saturated rings. The number of aliphatic carboxylic acids is 1. The van der Waals surface area contributed by atoms with Crippen molar-refractivity contribution in [3.63, 3.8) is 0 Å². The van der Waals surface area contributed by atoms with Crippen molar-refractivity contribution >= 4 is 27.9 Å². The van der Waals surface area contributed by atoms with Crippen LogP contribution in [0.25, 0.3) is 0 Å². The first-order valence-electron chi connectivity index (χ1n) is 6.95. The van der Waals surface area contributed by atoms with Crippen LogP contribution < -0.4 is 0 Å². The molecule has 114 valence electrons. The van der Waals surface area contributed by atoms with Crippen LogP contribution in [-0.2, 0) is 11.3 Å². The smallest absolute Gasteiger partial charge is 0.320 e. The predicted molar refractivity (Wildman–Crippen MR) is 82.9 cm³/mol. The first-order valence-corrected chi connectivity index (χ1v) is 7.74. The third-order valence-corrected chi connectivity index (χ3v) is 4.51. The van der Waals surface area contributed by atoms with E-state index in [1.54, 1.807) is 16.8 Å². The second-order valence-electron chi connectivity index (χ2n) is 5.35. The van der Waals surface area contributed by atoms with Crippen molar-refractivity contribution in [2.45, 2.75) is 19.4 Å². The molecule has 0 aromatic heterocycles. The molecule has 1 aromatic rings. The number of rotatable bonds is 3. The highest BCUT2D eigenvalue weighted by atomic mass is 79.9. The lowest BCUT2D eigenvalue weighted by atomic mass is 9.99. The van der Waals surface area contributed by atoms with Crippen LogP contribution in [-0.4, -0.2) is 47.0 Å². The number of hydrogen-bond donors (Lipinski definition) is 1. The number of piperidine rings is 1. The third kappa shape index (κ3) is 3.97. The number of amides is 2. The van der Waals surface area contributed by atoms with E-state index < -0.39 is 11.9 Å². The molecule has 1 aliphatic rings. The van der Waals surface area contributed by atoms with Gasteiger partial charge in [0.05, 0.1) is 5.92 Å². The molecule has 1 N–H and O–H groups in total. The summed E-state index contributed by atoms with van der Waals surface area (Å²) in [4.78, 5) is 26.8. The first-order chi connectivity index (χ1) is 9.99. The van der Waals surface area contributed by atoms with Gasteiger partial charge in [0.1, 0.15) is 0 Å². The number of likely N-dealkylation sites (tertiary alicyclic amines) is 1. The van der Waals surface area contributed by atoms with E-state index >= 15 is 0 Å². The minimum atomic E-state index is -0.819. The standard InChI is InChI=1S/C15H19BrN2O3/c1-17(9-11-5-2-3-7-13(11)16)15(21)18-8-4-6-12(10-18)14(19)20/h2-3,5,7,12H,4,6,8-10H2,1H3,(H,19,20)/t12-/m0/s1. The summed E-state index contributed by atoms with van der Waals surface area (Å²) in [6.07, 6.45) is 1.39. The highest BCUT2D eigenvalue weighted by Gasteiger charge is 2.29. The maximum atomic E-state index is 12.4. The quantitative estimate of drug-likeness (QED) is 0.907. The summed E-state index contributed by atoms with van der Waals surface area (Å²) in [6.45, 7) is 1.42. The van der Waals surface area contributed by atoms with Gasteiger partial charge in [-0.15, -0.1) is 0 Å². The van der Waals surface area contributed by atoms with Gasteiger partial charge in [-0.05, 0) is 24.5 Å². The Bertz CT molecular complexity index is 535. The van der Waals surface area contributed by atoms with Crippen molar-refractivity contribution in [3.8, 4) is 0 Å². The van der Waals surface area contributed by atoms with Gasteiger partial charge in [0, 0.05) is 31.2 Å². The Kier molecular flexibility index (Phi) is 5.22. The summed E-state index contributed by atoms with van der Waals surface area (Å²) in [7, 11) is 1.74. The van der Waals surface area contributed by atoms with Crippen molar-refractivity contribution < 1.29 is 14.7 Å². The molecule has 0 aliphatic carbocycles. The Balaban J connectivity index is 1.99. The van der Waals surface area contributed by atoms with Crippen LogP contribution in [0.5, 0.6) is 0 Å². The van der Waals surface area contributed by atoms with Gasteiger partial charge in [-0.2, -0.15) is 0 Å². The van der Waals surface area contributed by atoms with Crippen LogP contribution in [0.15, 0.2) is 28.7 Å². The zero-order valence-electron chi connectivity index (χ0n) is 12.0. The van der Waals surface area contributed by atoms with E-state index in [2.05, 4.69) is 15.9 Å². The summed E-state index contributed by atoms with van der Waals surface area (Å²) >= 11 is 3.47. The van der Waals surface area contributed by atoms with Crippen molar-refractivity contribution in [2.24, 2.45) is 5.92 Å². The SMILES string of the molecule is CN(Cc1ccccc1Br)C(=O)N1CCC[C@H](C(=O)O)C1. The van der Waals surface area contributed by atoms with E-state index in [-0.39, 0.29) is 6.03 Å². The van der Waals surface area contributed by atoms with E-state index in [0.29, 0.717) is 26.1 Å². The molecular formula is C15H19BrN2O3. The average Bonchev–Trinajstić information content (AvgIpc) is 2.49. The van der Waals surface area contributed by atoms with Gasteiger partial charge in [-0.25, -0.2) is 4.79 Å². The number of carbonyl (C=O) groups is 2. The van der Waals surface area contributed by atoms with Crippen LogP contribution in [0, 0.1) is 5.92 Å². The number of benzene rings is 1. The Labute approximate surface area is 132 Å². The molecule has 1 saturated heterocycles. The van der Waals surface area contributed by atoms with Gasteiger partial charge in [0.15, 0.2) is 0 Å². The molecule has 21 heavy (non-hydrogen) atoms. The van der Waals surface area contributed by atoms with E-state index in [1.165, 1.54) is 0 Å². The van der Waals surface area contributed by atoms with Crippen molar-refractivity contribution in [1.82, 2.24) is 9.80 Å². The number of urea groups is 1. The van der Waals surface area contributed by atoms with Gasteiger partial charge >= 0.3 is 12.0 Å². The van der Waals surface area contributed by atoms with E-state index in [9.17, 15) is 9.59 Å². The Morgan fingerprint density at radius 2 is 2.14 bits per heavy atom. The molecular weight excluding hydrogens is 336 g/mol. The maximum absolute atomic E-state index is 12.4. The number of carbonyl (C=O) groups excluding carboxylic acids is 1. The second kappa shape index (κ2) is 6.93. The fourth-order valence-corrected chi connectivity index (χ4v) is 2.95. The highest BCUT2D eigenvalue weighted by molar-refractivity contribution is 9.10. The van der Waals surface area contributed by atoms with Gasteiger partial charge < -0.3 is 14.9 Å². The number of halogens is 1. The van der Waals surface area contributed by atoms with E-state index in [4.69, 9.17) is 5.11 Å². The fourth-order valence-electron chi connectivity index (χ4n) is 2.54. The normalized spacial score (nSPS) is 18.4. The summed E-state index contributed by atoms with van der Waals surface area (Å²) < 4.78 is 0.965. The largest absolute Gasteiger partial charge is 0.481 e. The van der Waals surface area contributed by atoms with Crippen LogP contribution in [0.4, 0.5) is 4.79 Å². The molecule has 0 bridgehead atoms. The summed E-state index contributed by atoms with van der Waals surface area (Å²) in [5.41, 5.74) is 1.03. The molecule has 0 spiro atoms. The molecule has 0 saturated carbocycles. The molecule has 2 rings (SSSR count). The topological polar surface area (TPSA) is 60.9 Å². The van der Waals surface area contributed by atoms with E-state index in [0.717, 1.165) is 16.5 Å². The number of carboxylic acids is 1. The van der Waals surface area contributed by atoms with Crippen LogP contribution >= 0.6 is 15.9 Å². The zero-order chi connectivity index (χ0) is 15.4. The van der Waals surface area contributed by atoms with Gasteiger partial charge in [0.2, 0.25) is 0 Å². The summed E-state index contributed by atoms with van der Waals surface area (Å²) in [6, 6.07) is 7.65. The molecule has 5 nitrogen and oxygen atoms in total. The van der Waals surface area contributed by atoms with Crippen molar-refractivity contribution in [1.29, 1.82) is 0 Å². The second-order valence-corrected chi connectivity index (χ2v) is 6.21. The number of nitrogens with zero attached hydrogens (tertiary/aromatic N) is 2. The average molecular weight is 355 g/mol. The highest BCUT2D eigenvalue weighted by Crippen LogP contribution is 2.20. The lowest BCUT2D eigenvalue weighted by molar-refractivity contribution is -0.143. The van der Waals surface area contributed by atoms with Crippen LogP contribution in [0.2, 0.25) is 0 Å². The molecule has 1 aliphatic heterocycles. The lowest BCUT2D eigenvalue weighted by Crippen LogP contribution is -2.47. The third-order valence-electron chi connectivity index (χ3n) is 3.73.